The van der Waals surface area contributed by atoms with Gasteiger partial charge in [0.15, 0.2) is 0 Å². The van der Waals surface area contributed by atoms with Gasteiger partial charge in [-0.3, -0.25) is 4.79 Å². The highest BCUT2D eigenvalue weighted by atomic mass is 28.4. The van der Waals surface area contributed by atoms with E-state index in [0.29, 0.717) is 74.6 Å². The van der Waals surface area contributed by atoms with Crippen LogP contribution in [0.1, 0.15) is 70.3 Å². The van der Waals surface area contributed by atoms with Gasteiger partial charge in [-0.1, -0.05) is 53.7 Å². The molecule has 1 N–H and O–H groups in total. The Bertz CT molecular complexity index is 1830. The molecule has 3 aromatic carbocycles. The smallest absolute Gasteiger partial charge is 0.360 e. The number of aryl methyl sites for hydroxylation is 1. The molecule has 1 amide bonds. The van der Waals surface area contributed by atoms with Crippen molar-refractivity contribution in [3.8, 4) is 28.4 Å². The summed E-state index contributed by atoms with van der Waals surface area (Å²) in [6, 6.07) is 17.9. The lowest BCUT2D eigenvalue weighted by atomic mass is 10.0. The van der Waals surface area contributed by atoms with Gasteiger partial charge >= 0.3 is 5.63 Å². The van der Waals surface area contributed by atoms with E-state index in [9.17, 15) is 9.59 Å². The van der Waals surface area contributed by atoms with Crippen LogP contribution in [0, 0.1) is 6.92 Å². The fourth-order valence-corrected chi connectivity index (χ4v) is 12.9. The second kappa shape index (κ2) is 15.2. The van der Waals surface area contributed by atoms with E-state index in [-0.39, 0.29) is 11.8 Å². The highest BCUT2D eigenvalue weighted by Gasteiger charge is 2.47. The molecule has 0 radical (unpaired) electrons. The number of hydrogen-bond donors (Lipinski definition) is 1. The summed E-state index contributed by atoms with van der Waals surface area (Å²) >= 11 is 0. The Hall–Kier alpha value is -4.12. The van der Waals surface area contributed by atoms with Crippen molar-refractivity contribution < 1.29 is 32.6 Å². The summed E-state index contributed by atoms with van der Waals surface area (Å²) in [5, 5.41) is 3.38. The van der Waals surface area contributed by atoms with E-state index in [1.165, 1.54) is 0 Å². The van der Waals surface area contributed by atoms with Gasteiger partial charge in [0.2, 0.25) is 14.6 Å². The molecule has 4 aromatic rings. The zero-order chi connectivity index (χ0) is 35.5. The third-order valence-corrected chi connectivity index (χ3v) is 15.9. The number of methoxy groups -OCH3 is 2. The summed E-state index contributed by atoms with van der Waals surface area (Å²) < 4.78 is 36.1. The molecular formula is C39H49NO8Si. The van der Waals surface area contributed by atoms with Crippen LogP contribution in [0.2, 0.25) is 16.6 Å². The molecule has 1 aliphatic heterocycles. The lowest BCUT2D eigenvalue weighted by Gasteiger charge is -2.46. The molecule has 0 spiro atoms. The van der Waals surface area contributed by atoms with E-state index in [1.807, 2.05) is 43.3 Å². The van der Waals surface area contributed by atoms with Crippen LogP contribution in [0.5, 0.6) is 17.2 Å². The van der Waals surface area contributed by atoms with Crippen molar-refractivity contribution in [3.63, 3.8) is 0 Å². The highest BCUT2D eigenvalue weighted by molar-refractivity contribution is 6.77. The molecule has 10 heteroatoms. The number of carbonyl (C=O) groups is 1. The molecule has 0 aliphatic carbocycles. The minimum atomic E-state index is -2.06. The number of hydrogen-bond acceptors (Lipinski definition) is 8. The predicted octanol–water partition coefficient (Wildman–Crippen LogP) is 9.11. The van der Waals surface area contributed by atoms with E-state index < -0.39 is 26.1 Å². The quantitative estimate of drug-likeness (QED) is 0.116. The van der Waals surface area contributed by atoms with Crippen molar-refractivity contribution in [1.29, 1.82) is 0 Å². The lowest BCUT2D eigenvalue weighted by molar-refractivity contribution is -0.135. The molecule has 5 rings (SSSR count). The zero-order valence-electron chi connectivity index (χ0n) is 30.0. The van der Waals surface area contributed by atoms with Crippen molar-refractivity contribution in [1.82, 2.24) is 0 Å². The Morgan fingerprint density at radius 1 is 0.898 bits per heavy atom. The molecular weight excluding hydrogens is 639 g/mol. The predicted molar refractivity (Wildman–Crippen MR) is 196 cm³/mol. The Morgan fingerprint density at radius 3 is 2.29 bits per heavy atom. The van der Waals surface area contributed by atoms with E-state index in [2.05, 4.69) is 46.9 Å². The second-order valence-corrected chi connectivity index (χ2v) is 19.1. The molecule has 1 saturated heterocycles. The van der Waals surface area contributed by atoms with Crippen LogP contribution in [0.3, 0.4) is 0 Å². The van der Waals surface area contributed by atoms with Gasteiger partial charge in [-0.25, -0.2) is 4.79 Å². The highest BCUT2D eigenvalue weighted by Crippen LogP contribution is 2.44. The van der Waals surface area contributed by atoms with Crippen molar-refractivity contribution in [3.05, 3.63) is 82.2 Å². The van der Waals surface area contributed by atoms with Crippen LogP contribution >= 0.6 is 0 Å². The van der Waals surface area contributed by atoms with Gasteiger partial charge in [0.25, 0.3) is 5.91 Å². The average molecular weight is 688 g/mol. The van der Waals surface area contributed by atoms with Crippen LogP contribution in [-0.2, 0) is 9.16 Å². The number of amides is 1. The van der Waals surface area contributed by atoms with Gasteiger partial charge in [0.1, 0.15) is 28.5 Å². The molecule has 2 atom stereocenters. The van der Waals surface area contributed by atoms with Gasteiger partial charge in [-0.15, -0.1) is 0 Å². The van der Waals surface area contributed by atoms with E-state index in [4.69, 9.17) is 27.8 Å². The maximum atomic E-state index is 13.4. The molecule has 9 nitrogen and oxygen atoms in total. The Labute approximate surface area is 290 Å². The summed E-state index contributed by atoms with van der Waals surface area (Å²) in [6.07, 6.45) is 1.03. The summed E-state index contributed by atoms with van der Waals surface area (Å²) in [5.74, 6) is 1.39. The van der Waals surface area contributed by atoms with Gasteiger partial charge < -0.3 is 33.1 Å². The number of carbonyl (C=O) groups excluding carboxylic acids is 1. The van der Waals surface area contributed by atoms with Crippen LogP contribution in [0.4, 0.5) is 5.69 Å². The molecule has 1 aromatic heterocycles. The first kappa shape index (κ1) is 36.2. The third kappa shape index (κ3) is 7.56. The minimum absolute atomic E-state index is 0.0352. The Balaban J connectivity index is 1.33. The first-order chi connectivity index (χ1) is 23.4. The summed E-state index contributed by atoms with van der Waals surface area (Å²) in [5.41, 5.74) is 3.78. The maximum Gasteiger partial charge on any atom is 0.360 e. The van der Waals surface area contributed by atoms with Crippen molar-refractivity contribution in [2.75, 3.05) is 26.1 Å². The standard InChI is InChI=1S/C39H49NO8Si/c1-23(2)49(24(3)4,25(5)6)48-31-17-18-45-36(22-31)46-34-15-13-28-21-33(39(42)47-37(28)26(34)7)40-38(41)29-14-16-35(44-9)32(20-29)27-11-10-12-30(19-27)43-8/h10-16,19-21,23-25,31,36H,17-18,22H2,1-9H3,(H,40,41)/t31-,36?/m1/s1. The number of rotatable bonds is 12. The number of ether oxygens (including phenoxy) is 4. The van der Waals surface area contributed by atoms with Crippen molar-refractivity contribution >= 4 is 30.9 Å². The first-order valence-electron chi connectivity index (χ1n) is 17.0. The van der Waals surface area contributed by atoms with Crippen LogP contribution in [0.25, 0.3) is 22.1 Å². The molecule has 262 valence electrons. The largest absolute Gasteiger partial charge is 0.497 e. The van der Waals surface area contributed by atoms with Crippen LogP contribution in [-0.4, -0.2) is 47.4 Å². The molecule has 0 saturated carbocycles. The van der Waals surface area contributed by atoms with E-state index in [1.54, 1.807) is 38.5 Å². The summed E-state index contributed by atoms with van der Waals surface area (Å²) in [7, 11) is 1.11. The van der Waals surface area contributed by atoms with Crippen molar-refractivity contribution in [2.45, 2.75) is 90.3 Å². The van der Waals surface area contributed by atoms with Crippen LogP contribution < -0.4 is 25.2 Å². The molecule has 1 aliphatic rings. The first-order valence-corrected chi connectivity index (χ1v) is 19.2. The van der Waals surface area contributed by atoms with E-state index in [0.717, 1.165) is 12.0 Å². The molecule has 2 heterocycles. The van der Waals surface area contributed by atoms with Crippen molar-refractivity contribution in [2.24, 2.45) is 0 Å². The summed E-state index contributed by atoms with van der Waals surface area (Å²) in [6.45, 7) is 16.2. The van der Waals surface area contributed by atoms with Gasteiger partial charge in [0.05, 0.1) is 26.9 Å². The third-order valence-electron chi connectivity index (χ3n) is 9.73. The fraction of sp³-hybridized carbons (Fsp3) is 0.436. The van der Waals surface area contributed by atoms with Gasteiger partial charge in [0, 0.05) is 28.5 Å². The number of fused-ring (bicyclic) bond motifs is 1. The Morgan fingerprint density at radius 2 is 1.61 bits per heavy atom. The van der Waals surface area contributed by atoms with Crippen LogP contribution in [0.15, 0.2) is 69.9 Å². The number of anilines is 1. The minimum Gasteiger partial charge on any atom is -0.497 e. The average Bonchev–Trinajstić information content (AvgIpc) is 3.08. The van der Waals surface area contributed by atoms with Gasteiger partial charge in [-0.05, 0) is 84.1 Å². The molecule has 1 fully saturated rings. The van der Waals surface area contributed by atoms with E-state index >= 15 is 0 Å². The number of nitrogens with one attached hydrogen (secondary N) is 1. The second-order valence-electron chi connectivity index (χ2n) is 13.7. The fourth-order valence-electron chi connectivity index (χ4n) is 7.34. The topological polar surface area (TPSA) is 105 Å². The lowest BCUT2D eigenvalue weighted by Crippen LogP contribution is -2.52. The normalized spacial score (nSPS) is 16.7. The molecule has 49 heavy (non-hydrogen) atoms. The maximum absolute atomic E-state index is 13.4. The molecule has 1 unspecified atom stereocenters. The van der Waals surface area contributed by atoms with Gasteiger partial charge in [-0.2, -0.15) is 0 Å². The SMILES string of the molecule is COc1cccc(-c2cc(C(=O)Nc3cc4ccc(OC5C[C@H](O[Si](C(C)C)(C(C)C)C(C)C)CCO5)c(C)c4oc3=O)ccc2OC)c1. The molecule has 0 bridgehead atoms. The summed E-state index contributed by atoms with van der Waals surface area (Å²) in [4.78, 5) is 26.5. The zero-order valence-corrected chi connectivity index (χ0v) is 31.0. The Kier molecular flexibility index (Phi) is 11.2. The number of benzene rings is 3. The monoisotopic (exact) mass is 687 g/mol.